The first-order valence-electron chi connectivity index (χ1n) is 9.91. The smallest absolute Gasteiger partial charge is 0.230 e. The number of carbonyl (C=O) groups excluding carboxylic acids is 1. The minimum Gasteiger partial charge on any atom is -0.381 e. The van der Waals surface area contributed by atoms with Crippen molar-refractivity contribution in [2.24, 2.45) is 0 Å². The zero-order chi connectivity index (χ0) is 19.4. The predicted molar refractivity (Wildman–Crippen MR) is 107 cm³/mol. The minimum absolute atomic E-state index is 0.103. The van der Waals surface area contributed by atoms with E-state index in [1.807, 2.05) is 28.8 Å². The van der Waals surface area contributed by atoms with Crippen molar-refractivity contribution in [1.29, 1.82) is 0 Å². The number of nitrogens with zero attached hydrogens (tertiary/aromatic N) is 3. The number of carbonyl (C=O) groups is 1. The lowest BCUT2D eigenvalue weighted by atomic mass is 9.73. The zero-order valence-electron chi connectivity index (χ0n) is 16.2. The van der Waals surface area contributed by atoms with Crippen molar-refractivity contribution in [3.05, 3.63) is 65.6 Å². The Kier molecular flexibility index (Phi) is 5.39. The van der Waals surface area contributed by atoms with Crippen molar-refractivity contribution in [1.82, 2.24) is 19.9 Å². The summed E-state index contributed by atoms with van der Waals surface area (Å²) >= 11 is 0. The number of ether oxygens (including phenoxy) is 1. The second kappa shape index (κ2) is 8.10. The number of nitrogens with one attached hydrogen (secondary N) is 1. The van der Waals surface area contributed by atoms with Crippen molar-refractivity contribution in [3.8, 4) is 0 Å². The third-order valence-corrected chi connectivity index (χ3v) is 5.63. The number of benzene rings is 1. The van der Waals surface area contributed by atoms with Gasteiger partial charge in [0.25, 0.3) is 0 Å². The molecule has 0 bridgehead atoms. The highest BCUT2D eigenvalue weighted by molar-refractivity contribution is 5.88. The Morgan fingerprint density at radius 2 is 1.93 bits per heavy atom. The number of aryl methyl sites for hydroxylation is 2. The van der Waals surface area contributed by atoms with E-state index in [0.717, 1.165) is 42.7 Å². The Hall–Kier alpha value is -2.73. The molecule has 1 amide bonds. The van der Waals surface area contributed by atoms with Gasteiger partial charge in [-0.25, -0.2) is 0 Å². The lowest BCUT2D eigenvalue weighted by molar-refractivity contribution is -0.130. The van der Waals surface area contributed by atoms with Gasteiger partial charge >= 0.3 is 0 Å². The molecular weight excluding hydrogens is 352 g/mol. The molecule has 0 spiro atoms. The summed E-state index contributed by atoms with van der Waals surface area (Å²) in [6.45, 7) is 3.92. The summed E-state index contributed by atoms with van der Waals surface area (Å²) in [7, 11) is 0. The molecular formula is C22H26N4O2. The van der Waals surface area contributed by atoms with Gasteiger partial charge in [-0.3, -0.25) is 9.20 Å². The number of pyridine rings is 1. The van der Waals surface area contributed by atoms with Gasteiger partial charge in [0.2, 0.25) is 5.91 Å². The molecule has 4 rings (SSSR count). The maximum Gasteiger partial charge on any atom is 0.230 e. The Morgan fingerprint density at radius 3 is 2.71 bits per heavy atom. The summed E-state index contributed by atoms with van der Waals surface area (Å²) < 4.78 is 7.53. The van der Waals surface area contributed by atoms with Gasteiger partial charge in [0.1, 0.15) is 5.82 Å². The number of fused-ring (bicyclic) bond motifs is 1. The number of amides is 1. The van der Waals surface area contributed by atoms with E-state index in [2.05, 4.69) is 46.7 Å². The van der Waals surface area contributed by atoms with E-state index >= 15 is 0 Å². The molecule has 1 fully saturated rings. The summed E-state index contributed by atoms with van der Waals surface area (Å²) in [5.74, 6) is 1.02. The Morgan fingerprint density at radius 1 is 1.14 bits per heavy atom. The highest BCUT2D eigenvalue weighted by Gasteiger charge is 2.41. The zero-order valence-corrected chi connectivity index (χ0v) is 16.2. The van der Waals surface area contributed by atoms with Crippen LogP contribution in [0, 0.1) is 6.92 Å². The first-order valence-corrected chi connectivity index (χ1v) is 9.91. The van der Waals surface area contributed by atoms with Gasteiger partial charge in [0, 0.05) is 32.4 Å². The van der Waals surface area contributed by atoms with E-state index in [1.165, 1.54) is 5.56 Å². The molecule has 1 aliphatic rings. The summed E-state index contributed by atoms with van der Waals surface area (Å²) in [6, 6.07) is 14.2. The lowest BCUT2D eigenvalue weighted by Crippen LogP contribution is -2.48. The monoisotopic (exact) mass is 378 g/mol. The molecule has 1 aliphatic heterocycles. The fourth-order valence-corrected chi connectivity index (χ4v) is 3.92. The van der Waals surface area contributed by atoms with E-state index in [9.17, 15) is 4.79 Å². The third-order valence-electron chi connectivity index (χ3n) is 5.63. The van der Waals surface area contributed by atoms with Crippen LogP contribution in [0.5, 0.6) is 0 Å². The van der Waals surface area contributed by atoms with Crippen molar-refractivity contribution < 1.29 is 9.53 Å². The Balaban J connectivity index is 1.40. The molecule has 3 aromatic rings. The maximum atomic E-state index is 13.2. The highest BCUT2D eigenvalue weighted by Crippen LogP contribution is 2.35. The summed E-state index contributed by atoms with van der Waals surface area (Å²) in [4.78, 5) is 13.2. The summed E-state index contributed by atoms with van der Waals surface area (Å²) in [5.41, 5.74) is 2.64. The van der Waals surface area contributed by atoms with E-state index in [4.69, 9.17) is 4.74 Å². The topological polar surface area (TPSA) is 68.5 Å². The molecule has 1 N–H and O–H groups in total. The van der Waals surface area contributed by atoms with Crippen molar-refractivity contribution in [2.45, 2.75) is 38.0 Å². The van der Waals surface area contributed by atoms with Gasteiger partial charge in [0.15, 0.2) is 5.65 Å². The second-order valence-corrected chi connectivity index (χ2v) is 7.47. The van der Waals surface area contributed by atoms with Crippen LogP contribution in [0.2, 0.25) is 0 Å². The van der Waals surface area contributed by atoms with Gasteiger partial charge in [-0.1, -0.05) is 35.9 Å². The first kappa shape index (κ1) is 18.6. The van der Waals surface area contributed by atoms with Gasteiger partial charge in [0.05, 0.1) is 5.41 Å². The number of hydrogen-bond acceptors (Lipinski definition) is 4. The van der Waals surface area contributed by atoms with Gasteiger partial charge in [-0.15, -0.1) is 10.2 Å². The number of rotatable bonds is 6. The molecule has 6 heteroatoms. The van der Waals surface area contributed by atoms with Gasteiger partial charge in [-0.2, -0.15) is 0 Å². The number of aromatic nitrogens is 3. The fraction of sp³-hybridized carbons (Fsp3) is 0.409. The van der Waals surface area contributed by atoms with Crippen LogP contribution in [0.15, 0.2) is 48.7 Å². The highest BCUT2D eigenvalue weighted by atomic mass is 16.5. The summed E-state index contributed by atoms with van der Waals surface area (Å²) in [5, 5.41) is 11.6. The molecule has 2 aromatic heterocycles. The molecule has 3 heterocycles. The van der Waals surface area contributed by atoms with Gasteiger partial charge < -0.3 is 10.1 Å². The van der Waals surface area contributed by atoms with Crippen molar-refractivity contribution >= 4 is 11.6 Å². The van der Waals surface area contributed by atoms with Crippen LogP contribution in [-0.4, -0.2) is 40.3 Å². The number of hydrogen-bond donors (Lipinski definition) is 1. The molecule has 0 unspecified atom stereocenters. The Bertz CT molecular complexity index is 943. The largest absolute Gasteiger partial charge is 0.381 e. The van der Waals surface area contributed by atoms with Crippen LogP contribution >= 0.6 is 0 Å². The predicted octanol–water partition coefficient (Wildman–Crippen LogP) is 2.83. The van der Waals surface area contributed by atoms with E-state index < -0.39 is 5.41 Å². The molecule has 0 saturated carbocycles. The Labute approximate surface area is 164 Å². The molecule has 0 atom stereocenters. The maximum absolute atomic E-state index is 13.2. The quantitative estimate of drug-likeness (QED) is 0.670. The van der Waals surface area contributed by atoms with Gasteiger partial charge in [-0.05, 0) is 43.9 Å². The SMILES string of the molecule is Cc1ccc(C2(C(=O)NCCCc3nnc4ccccn34)CCOCC2)cc1. The standard InChI is InChI=1S/C22H26N4O2/c1-17-7-9-18(10-8-17)22(11-15-28-16-12-22)21(27)23-13-4-6-20-25-24-19-5-2-3-14-26(19)20/h2-3,5,7-10,14H,4,6,11-13,15-16H2,1H3,(H,23,27). The summed E-state index contributed by atoms with van der Waals surface area (Å²) in [6.07, 6.45) is 5.00. The van der Waals surface area contributed by atoms with Crippen LogP contribution in [0.25, 0.3) is 5.65 Å². The van der Waals surface area contributed by atoms with Crippen LogP contribution in [0.1, 0.15) is 36.2 Å². The molecule has 28 heavy (non-hydrogen) atoms. The molecule has 0 aliphatic carbocycles. The normalized spacial score (nSPS) is 16.2. The van der Waals surface area contributed by atoms with Crippen molar-refractivity contribution in [2.75, 3.05) is 19.8 Å². The average Bonchev–Trinajstić information content (AvgIpc) is 3.15. The molecule has 146 valence electrons. The molecule has 1 aromatic carbocycles. The average molecular weight is 378 g/mol. The molecule has 1 saturated heterocycles. The molecule has 6 nitrogen and oxygen atoms in total. The third kappa shape index (κ3) is 3.64. The minimum atomic E-state index is -0.493. The van der Waals surface area contributed by atoms with Crippen LogP contribution in [-0.2, 0) is 21.4 Å². The molecule has 0 radical (unpaired) electrons. The van der Waals surface area contributed by atoms with Crippen LogP contribution in [0.4, 0.5) is 0 Å². The van der Waals surface area contributed by atoms with E-state index in [-0.39, 0.29) is 5.91 Å². The first-order chi connectivity index (χ1) is 13.7. The lowest BCUT2D eigenvalue weighted by Gasteiger charge is -2.36. The van der Waals surface area contributed by atoms with Crippen LogP contribution in [0.3, 0.4) is 0 Å². The fourth-order valence-electron chi connectivity index (χ4n) is 3.92. The van der Waals surface area contributed by atoms with Crippen molar-refractivity contribution in [3.63, 3.8) is 0 Å². The second-order valence-electron chi connectivity index (χ2n) is 7.47. The van der Waals surface area contributed by atoms with Crippen LogP contribution < -0.4 is 5.32 Å². The van der Waals surface area contributed by atoms with E-state index in [1.54, 1.807) is 0 Å². The van der Waals surface area contributed by atoms with E-state index in [0.29, 0.717) is 19.8 Å².